The van der Waals surface area contributed by atoms with Crippen molar-refractivity contribution in [3.05, 3.63) is 45.4 Å². The van der Waals surface area contributed by atoms with Crippen molar-refractivity contribution in [3.8, 4) is 17.3 Å². The van der Waals surface area contributed by atoms with Crippen LogP contribution in [0.25, 0.3) is 11.3 Å². The van der Waals surface area contributed by atoms with Gasteiger partial charge in [0.25, 0.3) is 0 Å². The van der Waals surface area contributed by atoms with Crippen LogP contribution in [0, 0.1) is 11.3 Å². The second-order valence-corrected chi connectivity index (χ2v) is 6.00. The van der Waals surface area contributed by atoms with E-state index in [2.05, 4.69) is 11.1 Å². The van der Waals surface area contributed by atoms with E-state index in [1.54, 1.807) is 18.2 Å². The standard InChI is InChI=1S/C16H13Cl2N3O/c17-10-1-2-11(14(18)5-10)15-6-12(9-3-4-22-8-9)13(7-19)16(20)21-15/h1-2,5-6,9H,3-4,8H2,(H2,20,21). The average molecular weight is 334 g/mol. The third-order valence-electron chi connectivity index (χ3n) is 3.77. The molecule has 0 bridgehead atoms. The molecule has 0 amide bonds. The molecule has 4 nitrogen and oxygen atoms in total. The second kappa shape index (κ2) is 6.13. The first-order valence-electron chi connectivity index (χ1n) is 6.84. The predicted octanol–water partition coefficient (Wildman–Crippen LogP) is 4.01. The molecule has 2 N–H and O–H groups in total. The molecule has 6 heteroatoms. The Labute approximate surface area is 138 Å². The van der Waals surface area contributed by atoms with Gasteiger partial charge in [0, 0.05) is 23.1 Å². The summed E-state index contributed by atoms with van der Waals surface area (Å²) in [5, 5.41) is 10.4. The number of nitrogens with zero attached hydrogens (tertiary/aromatic N) is 2. The quantitative estimate of drug-likeness (QED) is 0.900. The Morgan fingerprint density at radius 2 is 2.14 bits per heavy atom. The zero-order valence-electron chi connectivity index (χ0n) is 11.6. The number of nitrogens with two attached hydrogens (primary N) is 1. The van der Waals surface area contributed by atoms with E-state index in [4.69, 9.17) is 33.7 Å². The fraction of sp³-hybridized carbons (Fsp3) is 0.250. The normalized spacial score (nSPS) is 17.4. The topological polar surface area (TPSA) is 71.9 Å². The number of hydrogen-bond acceptors (Lipinski definition) is 4. The number of ether oxygens (including phenoxy) is 1. The third-order valence-corrected chi connectivity index (χ3v) is 4.31. The number of nitriles is 1. The van der Waals surface area contributed by atoms with Crippen LogP contribution in [0.3, 0.4) is 0 Å². The van der Waals surface area contributed by atoms with Gasteiger partial charge in [-0.25, -0.2) is 4.98 Å². The number of aromatic nitrogens is 1. The van der Waals surface area contributed by atoms with Gasteiger partial charge in [0.05, 0.1) is 22.9 Å². The van der Waals surface area contributed by atoms with Crippen molar-refractivity contribution in [1.82, 2.24) is 4.98 Å². The summed E-state index contributed by atoms with van der Waals surface area (Å²) in [6.07, 6.45) is 0.867. The fourth-order valence-electron chi connectivity index (χ4n) is 2.64. The molecule has 2 heterocycles. The summed E-state index contributed by atoms with van der Waals surface area (Å²) >= 11 is 12.2. The summed E-state index contributed by atoms with van der Waals surface area (Å²) in [6.45, 7) is 1.28. The van der Waals surface area contributed by atoms with Crippen molar-refractivity contribution in [3.63, 3.8) is 0 Å². The molecular weight excluding hydrogens is 321 g/mol. The predicted molar refractivity (Wildman–Crippen MR) is 87.0 cm³/mol. The molecule has 0 spiro atoms. The van der Waals surface area contributed by atoms with Crippen molar-refractivity contribution < 1.29 is 4.74 Å². The zero-order chi connectivity index (χ0) is 15.7. The van der Waals surface area contributed by atoms with Crippen molar-refractivity contribution in [2.24, 2.45) is 0 Å². The van der Waals surface area contributed by atoms with Crippen molar-refractivity contribution in [1.29, 1.82) is 5.26 Å². The van der Waals surface area contributed by atoms with Gasteiger partial charge < -0.3 is 10.5 Å². The largest absolute Gasteiger partial charge is 0.383 e. The smallest absolute Gasteiger partial charge is 0.142 e. The number of halogens is 2. The lowest BCUT2D eigenvalue weighted by molar-refractivity contribution is 0.194. The molecule has 112 valence electrons. The molecule has 0 saturated carbocycles. The Kier molecular flexibility index (Phi) is 4.21. The molecule has 1 saturated heterocycles. The minimum absolute atomic E-state index is 0.157. The van der Waals surface area contributed by atoms with Gasteiger partial charge in [-0.15, -0.1) is 0 Å². The van der Waals surface area contributed by atoms with E-state index in [1.807, 2.05) is 6.07 Å². The van der Waals surface area contributed by atoms with Gasteiger partial charge in [-0.05, 0) is 36.2 Å². The summed E-state index contributed by atoms with van der Waals surface area (Å²) < 4.78 is 5.42. The average Bonchev–Trinajstić information content (AvgIpc) is 3.00. The first-order chi connectivity index (χ1) is 10.6. The number of nitrogen functional groups attached to an aromatic ring is 1. The molecule has 3 rings (SSSR count). The Morgan fingerprint density at radius 1 is 1.32 bits per heavy atom. The molecule has 1 aromatic carbocycles. The summed E-state index contributed by atoms with van der Waals surface area (Å²) in [6, 6.07) is 9.23. The highest BCUT2D eigenvalue weighted by Crippen LogP contribution is 2.35. The maximum absolute atomic E-state index is 9.36. The molecule has 1 aromatic heterocycles. The minimum atomic E-state index is 0.157. The maximum Gasteiger partial charge on any atom is 0.142 e. The van der Waals surface area contributed by atoms with E-state index >= 15 is 0 Å². The summed E-state index contributed by atoms with van der Waals surface area (Å²) in [5.74, 6) is 0.373. The van der Waals surface area contributed by atoms with Gasteiger partial charge in [-0.3, -0.25) is 0 Å². The van der Waals surface area contributed by atoms with Crippen molar-refractivity contribution in [2.45, 2.75) is 12.3 Å². The molecule has 1 aliphatic heterocycles. The van der Waals surface area contributed by atoms with Crippen LogP contribution < -0.4 is 5.73 Å². The molecule has 0 aliphatic carbocycles. The Bertz CT molecular complexity index is 765. The fourth-order valence-corrected chi connectivity index (χ4v) is 3.15. The summed E-state index contributed by atoms with van der Waals surface area (Å²) in [5.41, 5.74) is 8.64. The van der Waals surface area contributed by atoms with E-state index in [-0.39, 0.29) is 11.7 Å². The van der Waals surface area contributed by atoms with E-state index in [0.717, 1.165) is 17.5 Å². The van der Waals surface area contributed by atoms with Gasteiger partial charge in [-0.2, -0.15) is 5.26 Å². The molecule has 1 fully saturated rings. The first kappa shape index (κ1) is 15.1. The number of pyridine rings is 1. The number of hydrogen-bond donors (Lipinski definition) is 1. The second-order valence-electron chi connectivity index (χ2n) is 5.15. The van der Waals surface area contributed by atoms with Crippen LogP contribution in [0.15, 0.2) is 24.3 Å². The highest BCUT2D eigenvalue weighted by atomic mass is 35.5. The Hall–Kier alpha value is -1.80. The van der Waals surface area contributed by atoms with E-state index < -0.39 is 0 Å². The van der Waals surface area contributed by atoms with Crippen molar-refractivity contribution in [2.75, 3.05) is 18.9 Å². The highest BCUT2D eigenvalue weighted by molar-refractivity contribution is 6.36. The van der Waals surface area contributed by atoms with Crippen LogP contribution in [-0.4, -0.2) is 18.2 Å². The SMILES string of the molecule is N#Cc1c(C2CCOC2)cc(-c2ccc(Cl)cc2Cl)nc1N. The van der Waals surface area contributed by atoms with E-state index in [0.29, 0.717) is 34.5 Å². The lowest BCUT2D eigenvalue weighted by atomic mass is 9.93. The lowest BCUT2D eigenvalue weighted by Gasteiger charge is -2.14. The highest BCUT2D eigenvalue weighted by Gasteiger charge is 2.24. The summed E-state index contributed by atoms with van der Waals surface area (Å²) in [4.78, 5) is 4.32. The van der Waals surface area contributed by atoms with Crippen LogP contribution in [-0.2, 0) is 4.74 Å². The van der Waals surface area contributed by atoms with Gasteiger partial charge in [0.2, 0.25) is 0 Å². The monoisotopic (exact) mass is 333 g/mol. The van der Waals surface area contributed by atoms with Crippen LogP contribution >= 0.6 is 23.2 Å². The molecule has 1 atom stereocenters. The summed E-state index contributed by atoms with van der Waals surface area (Å²) in [7, 11) is 0. The van der Waals surface area contributed by atoms with Crippen LogP contribution in [0.4, 0.5) is 5.82 Å². The van der Waals surface area contributed by atoms with Gasteiger partial charge in [0.15, 0.2) is 0 Å². The minimum Gasteiger partial charge on any atom is -0.383 e. The lowest BCUT2D eigenvalue weighted by Crippen LogP contribution is -2.07. The third kappa shape index (κ3) is 2.76. The van der Waals surface area contributed by atoms with Crippen molar-refractivity contribution >= 4 is 29.0 Å². The number of rotatable bonds is 2. The zero-order valence-corrected chi connectivity index (χ0v) is 13.2. The van der Waals surface area contributed by atoms with Gasteiger partial charge in [-0.1, -0.05) is 23.2 Å². The van der Waals surface area contributed by atoms with E-state index in [9.17, 15) is 5.26 Å². The van der Waals surface area contributed by atoms with Crippen LogP contribution in [0.5, 0.6) is 0 Å². The molecule has 1 aliphatic rings. The van der Waals surface area contributed by atoms with Gasteiger partial charge >= 0.3 is 0 Å². The number of benzene rings is 1. The van der Waals surface area contributed by atoms with Crippen LogP contribution in [0.2, 0.25) is 10.0 Å². The first-order valence-corrected chi connectivity index (χ1v) is 7.59. The van der Waals surface area contributed by atoms with Crippen LogP contribution in [0.1, 0.15) is 23.5 Å². The molecule has 0 radical (unpaired) electrons. The van der Waals surface area contributed by atoms with Gasteiger partial charge in [0.1, 0.15) is 11.9 Å². The molecule has 22 heavy (non-hydrogen) atoms. The van der Waals surface area contributed by atoms with E-state index in [1.165, 1.54) is 0 Å². The Balaban J connectivity index is 2.15. The number of anilines is 1. The molecule has 2 aromatic rings. The maximum atomic E-state index is 9.36. The molecule has 1 unspecified atom stereocenters. The Morgan fingerprint density at radius 3 is 2.77 bits per heavy atom. The molecular formula is C16H13Cl2N3O.